The zero-order chi connectivity index (χ0) is 19.5. The molecule has 1 atom stereocenters. The van der Waals surface area contributed by atoms with Gasteiger partial charge in [-0.2, -0.15) is 4.31 Å². The minimum Gasteiger partial charge on any atom is -0.467 e. The Kier molecular flexibility index (Phi) is 7.23. The van der Waals surface area contributed by atoms with Gasteiger partial charge in [0.2, 0.25) is 5.91 Å². The molecule has 10 heteroatoms. The summed E-state index contributed by atoms with van der Waals surface area (Å²) in [5.41, 5.74) is 0. The van der Waals surface area contributed by atoms with Gasteiger partial charge in [-0.05, 0) is 46.8 Å². The second kappa shape index (κ2) is 8.81. The topological polar surface area (TPSA) is 92.8 Å². The van der Waals surface area contributed by atoms with Crippen LogP contribution in [-0.4, -0.2) is 50.8 Å². The van der Waals surface area contributed by atoms with E-state index in [4.69, 9.17) is 4.74 Å². The van der Waals surface area contributed by atoms with Gasteiger partial charge >= 0.3 is 5.97 Å². The van der Waals surface area contributed by atoms with Crippen LogP contribution in [0.15, 0.2) is 20.1 Å². The number of carbonyl (C=O) groups excluding carboxylic acids is 2. The van der Waals surface area contributed by atoms with Crippen molar-refractivity contribution in [2.45, 2.75) is 36.9 Å². The van der Waals surface area contributed by atoms with Gasteiger partial charge in [-0.3, -0.25) is 4.79 Å². The predicted octanol–water partition coefficient (Wildman–Crippen LogP) is 2.23. The summed E-state index contributed by atoms with van der Waals surface area (Å²) in [4.78, 5) is 24.3. The Morgan fingerprint density at radius 3 is 2.38 bits per heavy atom. The average Bonchev–Trinajstić information content (AvgIpc) is 3.06. The van der Waals surface area contributed by atoms with Crippen molar-refractivity contribution in [3.63, 3.8) is 0 Å². The zero-order valence-electron chi connectivity index (χ0n) is 14.9. The molecule has 26 heavy (non-hydrogen) atoms. The maximum Gasteiger partial charge on any atom is 0.328 e. The van der Waals surface area contributed by atoms with Gasteiger partial charge in [0.1, 0.15) is 10.3 Å². The summed E-state index contributed by atoms with van der Waals surface area (Å²) in [5.74, 6) is -1.12. The van der Waals surface area contributed by atoms with E-state index < -0.39 is 22.0 Å². The summed E-state index contributed by atoms with van der Waals surface area (Å²) in [7, 11) is -2.24. The van der Waals surface area contributed by atoms with E-state index in [1.165, 1.54) is 22.8 Å². The fourth-order valence-electron chi connectivity index (χ4n) is 2.82. The molecule has 2 rings (SSSR count). The summed E-state index contributed by atoms with van der Waals surface area (Å²) in [5, 5.41) is 2.74. The molecule has 1 N–H and O–H groups in total. The summed E-state index contributed by atoms with van der Waals surface area (Å²) < 4.78 is 32.4. The highest BCUT2D eigenvalue weighted by Crippen LogP contribution is 2.30. The van der Waals surface area contributed by atoms with Crippen LogP contribution >= 0.6 is 27.3 Å². The van der Waals surface area contributed by atoms with Crippen molar-refractivity contribution in [2.24, 2.45) is 11.8 Å². The van der Waals surface area contributed by atoms with E-state index in [9.17, 15) is 18.0 Å². The van der Waals surface area contributed by atoms with Gasteiger partial charge in [-0.25, -0.2) is 13.2 Å². The number of methoxy groups -OCH3 is 1. The van der Waals surface area contributed by atoms with Gasteiger partial charge < -0.3 is 10.1 Å². The smallest absolute Gasteiger partial charge is 0.328 e. The van der Waals surface area contributed by atoms with Crippen LogP contribution in [0.3, 0.4) is 0 Å². The molecule has 0 spiro atoms. The number of nitrogens with one attached hydrogen (secondary N) is 1. The molecular formula is C16H23BrN2O5S2. The predicted molar refractivity (Wildman–Crippen MR) is 102 cm³/mol. The number of amides is 1. The van der Waals surface area contributed by atoms with E-state index in [0.29, 0.717) is 12.8 Å². The molecule has 1 aromatic rings. The fraction of sp³-hybridized carbons (Fsp3) is 0.625. The average molecular weight is 467 g/mol. The van der Waals surface area contributed by atoms with Crippen molar-refractivity contribution in [1.82, 2.24) is 9.62 Å². The number of esters is 1. The number of ether oxygens (including phenoxy) is 1. The molecule has 0 aliphatic carbocycles. The summed E-state index contributed by atoms with van der Waals surface area (Å²) >= 11 is 4.44. The maximum atomic E-state index is 12.6. The Morgan fingerprint density at radius 2 is 1.92 bits per heavy atom. The Hall–Kier alpha value is -0.970. The highest BCUT2D eigenvalue weighted by molar-refractivity contribution is 9.11. The summed E-state index contributed by atoms with van der Waals surface area (Å²) in [6.45, 7) is 4.22. The number of halogens is 1. The lowest BCUT2D eigenvalue weighted by Crippen LogP contribution is -2.49. The van der Waals surface area contributed by atoms with Crippen molar-refractivity contribution >= 4 is 49.2 Å². The van der Waals surface area contributed by atoms with Crippen molar-refractivity contribution in [3.8, 4) is 0 Å². The van der Waals surface area contributed by atoms with E-state index in [-0.39, 0.29) is 35.0 Å². The molecule has 7 nitrogen and oxygen atoms in total. The molecule has 1 saturated heterocycles. The number of hydrogen-bond acceptors (Lipinski definition) is 6. The van der Waals surface area contributed by atoms with Gasteiger partial charge in [0.15, 0.2) is 0 Å². The fourth-order valence-corrected chi connectivity index (χ4v) is 6.45. The summed E-state index contributed by atoms with van der Waals surface area (Å²) in [6, 6.07) is 2.58. The third kappa shape index (κ3) is 4.85. The Balaban J connectivity index is 1.97. The lowest BCUT2D eigenvalue weighted by atomic mass is 9.95. The van der Waals surface area contributed by atoms with Gasteiger partial charge in [-0.15, -0.1) is 11.3 Å². The molecule has 1 amide bonds. The lowest BCUT2D eigenvalue weighted by Gasteiger charge is -2.31. The molecule has 0 bridgehead atoms. The first kappa shape index (κ1) is 21.3. The molecule has 1 aromatic heterocycles. The highest BCUT2D eigenvalue weighted by atomic mass is 79.9. The van der Waals surface area contributed by atoms with Crippen molar-refractivity contribution in [2.75, 3.05) is 20.2 Å². The molecule has 1 fully saturated rings. The number of carbonyl (C=O) groups is 2. The Labute approximate surface area is 166 Å². The van der Waals surface area contributed by atoms with Crippen LogP contribution in [0.4, 0.5) is 0 Å². The highest BCUT2D eigenvalue weighted by Gasteiger charge is 2.34. The van der Waals surface area contributed by atoms with E-state index in [1.807, 2.05) is 13.8 Å². The number of hydrogen-bond donors (Lipinski definition) is 1. The second-order valence-corrected chi connectivity index (χ2v) is 11.1. The van der Waals surface area contributed by atoms with E-state index >= 15 is 0 Å². The molecule has 1 aliphatic heterocycles. The van der Waals surface area contributed by atoms with Crippen molar-refractivity contribution in [3.05, 3.63) is 15.9 Å². The Bertz CT molecular complexity index is 754. The monoisotopic (exact) mass is 466 g/mol. The van der Waals surface area contributed by atoms with Gasteiger partial charge in [0.25, 0.3) is 10.0 Å². The van der Waals surface area contributed by atoms with Crippen LogP contribution in [0.1, 0.15) is 26.7 Å². The number of thiophene rings is 1. The van der Waals surface area contributed by atoms with Crippen LogP contribution in [-0.2, 0) is 24.3 Å². The first-order valence-corrected chi connectivity index (χ1v) is 11.4. The normalized spacial score (nSPS) is 17.9. The molecule has 0 radical (unpaired) electrons. The molecule has 0 saturated carbocycles. The Morgan fingerprint density at radius 1 is 1.31 bits per heavy atom. The molecule has 2 heterocycles. The maximum absolute atomic E-state index is 12.6. The van der Waals surface area contributed by atoms with Crippen LogP contribution in [0.5, 0.6) is 0 Å². The SMILES string of the molecule is COC(=O)C(NC(=O)C1CCN(S(=O)(=O)c2ccc(Br)s2)CC1)C(C)C. The quantitative estimate of drug-likeness (QED) is 0.648. The summed E-state index contributed by atoms with van der Waals surface area (Å²) in [6.07, 6.45) is 0.840. The number of rotatable bonds is 6. The minimum atomic E-state index is -3.53. The van der Waals surface area contributed by atoms with Crippen molar-refractivity contribution in [1.29, 1.82) is 0 Å². The van der Waals surface area contributed by atoms with Gasteiger partial charge in [0.05, 0.1) is 10.9 Å². The number of sulfonamides is 1. The first-order valence-electron chi connectivity index (χ1n) is 8.30. The number of piperidine rings is 1. The number of nitrogens with zero attached hydrogens (tertiary/aromatic N) is 1. The second-order valence-electron chi connectivity index (χ2n) is 6.49. The van der Waals surface area contributed by atoms with Crippen LogP contribution < -0.4 is 5.32 Å². The third-order valence-corrected chi connectivity index (χ3v) is 8.38. The lowest BCUT2D eigenvalue weighted by molar-refractivity contribution is -0.147. The molecule has 0 aromatic carbocycles. The van der Waals surface area contributed by atoms with Crippen molar-refractivity contribution < 1.29 is 22.7 Å². The zero-order valence-corrected chi connectivity index (χ0v) is 18.1. The van der Waals surface area contributed by atoms with E-state index in [2.05, 4.69) is 21.2 Å². The first-order chi connectivity index (χ1) is 12.2. The molecule has 1 aliphatic rings. The van der Waals surface area contributed by atoms with Crippen LogP contribution in [0, 0.1) is 11.8 Å². The van der Waals surface area contributed by atoms with Crippen LogP contribution in [0.25, 0.3) is 0 Å². The largest absolute Gasteiger partial charge is 0.467 e. The van der Waals surface area contributed by atoms with Gasteiger partial charge in [0, 0.05) is 19.0 Å². The minimum absolute atomic E-state index is 0.0934. The molecule has 1 unspecified atom stereocenters. The molecule has 146 valence electrons. The van der Waals surface area contributed by atoms with Gasteiger partial charge in [-0.1, -0.05) is 13.8 Å². The molecular weight excluding hydrogens is 444 g/mol. The van der Waals surface area contributed by atoms with E-state index in [0.717, 1.165) is 3.79 Å². The van der Waals surface area contributed by atoms with E-state index in [1.54, 1.807) is 12.1 Å². The third-order valence-electron chi connectivity index (χ3n) is 4.39. The van der Waals surface area contributed by atoms with Crippen LogP contribution in [0.2, 0.25) is 0 Å². The standard InChI is InChI=1S/C16H23BrN2O5S2/c1-10(2)14(16(21)24-3)18-15(20)11-6-8-19(9-7-11)26(22,23)13-5-4-12(17)25-13/h4-5,10-11,14H,6-9H2,1-3H3,(H,18,20).